The maximum atomic E-state index is 13.7. The van der Waals surface area contributed by atoms with Gasteiger partial charge in [-0.15, -0.1) is 0 Å². The van der Waals surface area contributed by atoms with Crippen LogP contribution in [0.1, 0.15) is 76.6 Å². The minimum atomic E-state index is -1.31. The van der Waals surface area contributed by atoms with Gasteiger partial charge in [0.05, 0.1) is 19.6 Å². The van der Waals surface area contributed by atoms with Gasteiger partial charge in [-0.1, -0.05) is 31.5 Å². The summed E-state index contributed by atoms with van der Waals surface area (Å²) in [7, 11) is 0. The highest BCUT2D eigenvalue weighted by Gasteiger charge is 2.36. The Hall–Kier alpha value is -3.14. The summed E-state index contributed by atoms with van der Waals surface area (Å²) in [4.78, 5) is 52.6. The number of amides is 3. The predicted molar refractivity (Wildman–Crippen MR) is 140 cm³/mol. The van der Waals surface area contributed by atoms with Crippen LogP contribution in [0.4, 0.5) is 4.79 Å². The molecule has 0 saturated heterocycles. The first-order valence-corrected chi connectivity index (χ1v) is 12.8. The van der Waals surface area contributed by atoms with E-state index in [1.807, 2.05) is 32.9 Å². The van der Waals surface area contributed by atoms with Crippen LogP contribution in [0, 0.1) is 13.8 Å². The highest BCUT2D eigenvalue weighted by molar-refractivity contribution is 5.92. The Morgan fingerprint density at radius 1 is 1.08 bits per heavy atom. The summed E-state index contributed by atoms with van der Waals surface area (Å²) in [5.41, 5.74) is 1.75. The summed E-state index contributed by atoms with van der Waals surface area (Å²) in [5.74, 6) is -1.54. The molecule has 0 bridgehead atoms. The fourth-order valence-corrected chi connectivity index (χ4v) is 3.56. The number of carbonyl (C=O) groups is 4. The second kappa shape index (κ2) is 15.2. The summed E-state index contributed by atoms with van der Waals surface area (Å²) >= 11 is 0. The average Bonchev–Trinajstić information content (AvgIpc) is 2.80. The molecule has 3 N–H and O–H groups in total. The number of nitrogens with zero attached hydrogens (tertiary/aromatic N) is 1. The van der Waals surface area contributed by atoms with Gasteiger partial charge in [0.1, 0.15) is 17.7 Å². The fraction of sp³-hybridized carbons (Fsp3) is 0.630. The van der Waals surface area contributed by atoms with Crippen LogP contribution in [0.25, 0.3) is 0 Å². The topological polar surface area (TPSA) is 134 Å². The molecule has 3 amide bonds. The molecular formula is C27H43N3O7. The molecule has 208 valence electrons. The summed E-state index contributed by atoms with van der Waals surface area (Å²) in [6, 6.07) is 3.13. The zero-order valence-corrected chi connectivity index (χ0v) is 23.2. The van der Waals surface area contributed by atoms with Crippen molar-refractivity contribution in [1.29, 1.82) is 0 Å². The van der Waals surface area contributed by atoms with E-state index in [-0.39, 0.29) is 26.1 Å². The van der Waals surface area contributed by atoms with Crippen LogP contribution >= 0.6 is 0 Å². The van der Waals surface area contributed by atoms with E-state index in [9.17, 15) is 24.3 Å². The molecule has 2 atom stereocenters. The number of ether oxygens (including phenoxy) is 2. The second-order valence-corrected chi connectivity index (χ2v) is 9.86. The Labute approximate surface area is 220 Å². The third-order valence-corrected chi connectivity index (χ3v) is 5.55. The zero-order chi connectivity index (χ0) is 28.2. The molecule has 1 aromatic carbocycles. The number of aliphatic hydroxyl groups excluding tert-OH is 1. The molecule has 37 heavy (non-hydrogen) atoms. The first kappa shape index (κ1) is 31.9. The zero-order valence-electron chi connectivity index (χ0n) is 23.2. The molecule has 0 radical (unpaired) electrons. The van der Waals surface area contributed by atoms with E-state index in [0.717, 1.165) is 17.5 Å². The average molecular weight is 522 g/mol. The third-order valence-electron chi connectivity index (χ3n) is 5.55. The van der Waals surface area contributed by atoms with Crippen molar-refractivity contribution in [1.82, 2.24) is 15.5 Å². The number of benzene rings is 1. The first-order valence-electron chi connectivity index (χ1n) is 12.8. The maximum absolute atomic E-state index is 13.7. The van der Waals surface area contributed by atoms with E-state index < -0.39 is 48.2 Å². The largest absolute Gasteiger partial charge is 0.466 e. The van der Waals surface area contributed by atoms with Crippen LogP contribution in [0.15, 0.2) is 18.2 Å². The van der Waals surface area contributed by atoms with Crippen LogP contribution in [-0.4, -0.2) is 71.8 Å². The Morgan fingerprint density at radius 3 is 2.30 bits per heavy atom. The number of hydrogen-bond acceptors (Lipinski definition) is 7. The van der Waals surface area contributed by atoms with E-state index >= 15 is 0 Å². The molecule has 0 aromatic heterocycles. The van der Waals surface area contributed by atoms with Gasteiger partial charge in [-0.3, -0.25) is 14.4 Å². The summed E-state index contributed by atoms with van der Waals surface area (Å²) < 4.78 is 10.2. The van der Waals surface area contributed by atoms with Gasteiger partial charge in [-0.2, -0.15) is 0 Å². The van der Waals surface area contributed by atoms with Crippen molar-refractivity contribution in [3.63, 3.8) is 0 Å². The number of esters is 1. The van der Waals surface area contributed by atoms with Crippen LogP contribution in [0.2, 0.25) is 0 Å². The van der Waals surface area contributed by atoms with Crippen molar-refractivity contribution in [3.8, 4) is 0 Å². The lowest BCUT2D eigenvalue weighted by atomic mass is 9.98. The van der Waals surface area contributed by atoms with Crippen molar-refractivity contribution in [3.05, 3.63) is 34.9 Å². The van der Waals surface area contributed by atoms with Gasteiger partial charge in [0.2, 0.25) is 11.8 Å². The lowest BCUT2D eigenvalue weighted by Crippen LogP contribution is -2.54. The van der Waals surface area contributed by atoms with Crippen LogP contribution in [0.3, 0.4) is 0 Å². The monoisotopic (exact) mass is 521 g/mol. The summed E-state index contributed by atoms with van der Waals surface area (Å²) in [6.07, 6.45) is 0.476. The number of aryl methyl sites for hydroxylation is 2. The molecule has 10 nitrogen and oxygen atoms in total. The van der Waals surface area contributed by atoms with E-state index in [2.05, 4.69) is 10.6 Å². The molecule has 0 aliphatic heterocycles. The number of alkyl carbamates (subject to hydrolysis) is 1. The third kappa shape index (κ3) is 10.8. The van der Waals surface area contributed by atoms with E-state index in [4.69, 9.17) is 9.47 Å². The van der Waals surface area contributed by atoms with Gasteiger partial charge in [-0.25, -0.2) is 4.79 Å². The molecule has 0 fully saturated rings. The SMILES string of the molecule is CCCCN(C(=O)C(CO)NC(=O)OC(C)(C)C)C(C(=O)NCCC(=O)OCC)c1ccc(C)c(C)c1. The molecule has 0 aliphatic rings. The Kier molecular flexibility index (Phi) is 13.1. The van der Waals surface area contributed by atoms with Gasteiger partial charge in [0.25, 0.3) is 0 Å². The standard InChI is InChI=1S/C27H43N3O7/c1-8-10-15-30(25(34)21(17-31)29-26(35)37-27(5,6)7)23(20-12-11-18(3)19(4)16-20)24(33)28-14-13-22(32)36-9-2/h11-12,16,21,23,31H,8-10,13-15,17H2,1-7H3,(H,28,33)(H,29,35). The van der Waals surface area contributed by atoms with Gasteiger partial charge < -0.3 is 30.1 Å². The molecule has 0 saturated carbocycles. The fourth-order valence-electron chi connectivity index (χ4n) is 3.56. The molecule has 0 heterocycles. The Morgan fingerprint density at radius 2 is 1.76 bits per heavy atom. The predicted octanol–water partition coefficient (Wildman–Crippen LogP) is 2.93. The van der Waals surface area contributed by atoms with Crippen LogP contribution in [-0.2, 0) is 23.9 Å². The molecule has 1 rings (SSSR count). The van der Waals surface area contributed by atoms with Crippen molar-refractivity contribution in [2.24, 2.45) is 0 Å². The number of carbonyl (C=O) groups excluding carboxylic acids is 4. The summed E-state index contributed by atoms with van der Waals surface area (Å²) in [5, 5.41) is 15.1. The lowest BCUT2D eigenvalue weighted by molar-refractivity contribution is -0.144. The molecule has 2 unspecified atom stereocenters. The van der Waals surface area contributed by atoms with Crippen molar-refractivity contribution in [2.45, 2.75) is 85.4 Å². The van der Waals surface area contributed by atoms with Crippen molar-refractivity contribution >= 4 is 23.9 Å². The van der Waals surface area contributed by atoms with Crippen LogP contribution in [0.5, 0.6) is 0 Å². The lowest BCUT2D eigenvalue weighted by Gasteiger charge is -2.34. The van der Waals surface area contributed by atoms with Crippen molar-refractivity contribution < 1.29 is 33.8 Å². The number of hydrogen-bond donors (Lipinski definition) is 3. The van der Waals surface area contributed by atoms with Crippen molar-refractivity contribution in [2.75, 3.05) is 26.3 Å². The highest BCUT2D eigenvalue weighted by Crippen LogP contribution is 2.25. The Balaban J connectivity index is 3.34. The van der Waals surface area contributed by atoms with E-state index in [1.54, 1.807) is 33.8 Å². The molecule has 0 spiro atoms. The number of rotatable bonds is 13. The summed E-state index contributed by atoms with van der Waals surface area (Å²) in [6.45, 7) is 12.4. The molecular weight excluding hydrogens is 478 g/mol. The minimum absolute atomic E-state index is 0.0123. The van der Waals surface area contributed by atoms with Gasteiger partial charge >= 0.3 is 12.1 Å². The quantitative estimate of drug-likeness (QED) is 0.340. The minimum Gasteiger partial charge on any atom is -0.466 e. The second-order valence-electron chi connectivity index (χ2n) is 9.86. The smallest absolute Gasteiger partial charge is 0.408 e. The normalized spacial score (nSPS) is 12.8. The van der Waals surface area contributed by atoms with Crippen LogP contribution < -0.4 is 10.6 Å². The van der Waals surface area contributed by atoms with Gasteiger partial charge in [0, 0.05) is 13.1 Å². The first-order chi connectivity index (χ1) is 17.3. The molecule has 1 aromatic rings. The number of nitrogens with one attached hydrogen (secondary N) is 2. The van der Waals surface area contributed by atoms with E-state index in [1.165, 1.54) is 4.90 Å². The maximum Gasteiger partial charge on any atom is 0.408 e. The molecule has 10 heteroatoms. The van der Waals surface area contributed by atoms with Gasteiger partial charge in [0.15, 0.2) is 0 Å². The van der Waals surface area contributed by atoms with E-state index in [0.29, 0.717) is 12.0 Å². The van der Waals surface area contributed by atoms with Gasteiger partial charge in [-0.05, 0) is 64.7 Å². The molecule has 0 aliphatic carbocycles. The number of unbranched alkanes of at least 4 members (excludes halogenated alkanes) is 1. The number of aliphatic hydroxyl groups is 1. The highest BCUT2D eigenvalue weighted by atomic mass is 16.6. The Bertz CT molecular complexity index is 927.